The summed E-state index contributed by atoms with van der Waals surface area (Å²) in [5.41, 5.74) is 7.77. The molecule has 1 heterocycles. The van der Waals surface area contributed by atoms with Crippen LogP contribution in [0.3, 0.4) is 0 Å². The third-order valence-corrected chi connectivity index (χ3v) is 4.80. The Labute approximate surface area is 188 Å². The first-order chi connectivity index (χ1) is 15.6. The number of nitrogens with one attached hydrogen (secondary N) is 1. The molecule has 0 bridgehead atoms. The molecule has 0 atom stereocenters. The van der Waals surface area contributed by atoms with Crippen molar-refractivity contribution in [2.24, 2.45) is 0 Å². The number of aromatic nitrogens is 2. The molecule has 2 aromatic carbocycles. The van der Waals surface area contributed by atoms with Gasteiger partial charge in [0.1, 0.15) is 29.5 Å². The van der Waals surface area contributed by atoms with Gasteiger partial charge in [0.25, 0.3) is 5.91 Å². The van der Waals surface area contributed by atoms with Crippen molar-refractivity contribution in [3.05, 3.63) is 60.9 Å². The number of carbonyl (C=O) groups is 1. The van der Waals surface area contributed by atoms with Crippen LogP contribution in [-0.4, -0.2) is 40.4 Å². The molecule has 0 saturated heterocycles. The number of nitrogens with two attached hydrogens (primary N) is 1. The Balaban J connectivity index is 1.67. The van der Waals surface area contributed by atoms with Gasteiger partial charge in [-0.15, -0.1) is 6.42 Å². The zero-order valence-corrected chi connectivity index (χ0v) is 18.1. The highest BCUT2D eigenvalue weighted by atomic mass is 16.5. The summed E-state index contributed by atoms with van der Waals surface area (Å²) in [5, 5.41) is 3.31. The van der Waals surface area contributed by atoms with Gasteiger partial charge in [0, 0.05) is 19.6 Å². The van der Waals surface area contributed by atoms with Gasteiger partial charge in [0.2, 0.25) is 0 Å². The summed E-state index contributed by atoms with van der Waals surface area (Å²) in [4.78, 5) is 22.0. The molecule has 0 fully saturated rings. The van der Waals surface area contributed by atoms with Crippen LogP contribution >= 0.6 is 0 Å². The Kier molecular flexibility index (Phi) is 8.04. The van der Waals surface area contributed by atoms with E-state index in [9.17, 15) is 4.79 Å². The van der Waals surface area contributed by atoms with Crippen molar-refractivity contribution in [2.75, 3.05) is 30.7 Å². The molecular formula is C25H27N5O2. The van der Waals surface area contributed by atoms with Crippen molar-refractivity contribution in [1.82, 2.24) is 14.9 Å². The topological polar surface area (TPSA) is 93.4 Å². The third-order valence-electron chi connectivity index (χ3n) is 4.80. The molecule has 0 aliphatic rings. The van der Waals surface area contributed by atoms with E-state index in [0.717, 1.165) is 35.5 Å². The first-order valence-electron chi connectivity index (χ1n) is 10.6. The maximum absolute atomic E-state index is 11.8. The van der Waals surface area contributed by atoms with Crippen LogP contribution in [0.4, 0.5) is 11.6 Å². The molecule has 1 aromatic heterocycles. The zero-order chi connectivity index (χ0) is 22.8. The van der Waals surface area contributed by atoms with E-state index >= 15 is 0 Å². The number of ether oxygens (including phenoxy) is 1. The number of amides is 1. The number of benzene rings is 2. The highest BCUT2D eigenvalue weighted by Crippen LogP contribution is 2.32. The smallest absolute Gasteiger partial charge is 0.298 e. The first kappa shape index (κ1) is 22.6. The highest BCUT2D eigenvalue weighted by Gasteiger charge is 2.13. The van der Waals surface area contributed by atoms with E-state index < -0.39 is 0 Å². The molecular weight excluding hydrogens is 402 g/mol. The number of nitrogen functional groups attached to an aromatic ring is 1. The van der Waals surface area contributed by atoms with Crippen LogP contribution in [-0.2, 0) is 4.79 Å². The van der Waals surface area contributed by atoms with E-state index in [-0.39, 0.29) is 5.91 Å². The number of anilines is 2. The van der Waals surface area contributed by atoms with E-state index in [2.05, 4.69) is 21.2 Å². The van der Waals surface area contributed by atoms with Gasteiger partial charge in [0.15, 0.2) is 0 Å². The largest absolute Gasteiger partial charge is 0.457 e. The van der Waals surface area contributed by atoms with Gasteiger partial charge in [0.05, 0.1) is 5.56 Å². The average molecular weight is 430 g/mol. The molecule has 0 aliphatic carbocycles. The van der Waals surface area contributed by atoms with Crippen LogP contribution in [0.5, 0.6) is 11.5 Å². The van der Waals surface area contributed by atoms with Gasteiger partial charge in [-0.3, -0.25) is 4.79 Å². The molecule has 0 spiro atoms. The van der Waals surface area contributed by atoms with Gasteiger partial charge in [-0.1, -0.05) is 37.3 Å². The van der Waals surface area contributed by atoms with E-state index in [0.29, 0.717) is 31.3 Å². The maximum Gasteiger partial charge on any atom is 0.298 e. The number of hydrogen-bond acceptors (Lipinski definition) is 6. The van der Waals surface area contributed by atoms with Crippen LogP contribution in [0, 0.1) is 12.3 Å². The molecule has 0 unspecified atom stereocenters. The standard InChI is InChI=1S/C25H27N5O2/c1-3-16-30(22(31)4-2)17-8-15-27-25-23(24(26)28-18-29-25)19-11-13-21(14-12-19)32-20-9-6-5-7-10-20/h2,5-7,9-14,18H,3,8,15-17H2,1H3,(H3,26,27,28,29). The number of carbonyl (C=O) groups excluding carboxylic acids is 1. The van der Waals surface area contributed by atoms with Crippen LogP contribution in [0.25, 0.3) is 11.1 Å². The summed E-state index contributed by atoms with van der Waals surface area (Å²) >= 11 is 0. The Hall–Kier alpha value is -4.05. The summed E-state index contributed by atoms with van der Waals surface area (Å²) in [5.74, 6) is 4.42. The molecule has 1 amide bonds. The number of hydrogen-bond donors (Lipinski definition) is 2. The predicted octanol–water partition coefficient (Wildman–Crippen LogP) is 4.19. The lowest BCUT2D eigenvalue weighted by molar-refractivity contribution is -0.125. The van der Waals surface area contributed by atoms with Gasteiger partial charge in [-0.25, -0.2) is 9.97 Å². The van der Waals surface area contributed by atoms with E-state index in [4.69, 9.17) is 16.9 Å². The monoisotopic (exact) mass is 429 g/mol. The minimum absolute atomic E-state index is 0.281. The minimum Gasteiger partial charge on any atom is -0.457 e. The molecule has 0 saturated carbocycles. The van der Waals surface area contributed by atoms with Crippen molar-refractivity contribution >= 4 is 17.5 Å². The number of terminal acetylenes is 1. The minimum atomic E-state index is -0.281. The van der Waals surface area contributed by atoms with Crippen molar-refractivity contribution in [3.8, 4) is 35.0 Å². The van der Waals surface area contributed by atoms with Crippen molar-refractivity contribution in [2.45, 2.75) is 19.8 Å². The quantitative estimate of drug-likeness (QED) is 0.371. The van der Waals surface area contributed by atoms with Gasteiger partial charge in [-0.05, 0) is 48.6 Å². The fourth-order valence-electron chi connectivity index (χ4n) is 3.28. The summed E-state index contributed by atoms with van der Waals surface area (Å²) in [6.07, 6.45) is 8.27. The lowest BCUT2D eigenvalue weighted by atomic mass is 10.1. The summed E-state index contributed by atoms with van der Waals surface area (Å²) in [6.45, 7) is 3.84. The van der Waals surface area contributed by atoms with Crippen LogP contribution in [0.15, 0.2) is 60.9 Å². The Morgan fingerprint density at radius 1 is 1.09 bits per heavy atom. The number of para-hydroxylation sites is 1. The highest BCUT2D eigenvalue weighted by molar-refractivity contribution is 5.92. The normalized spacial score (nSPS) is 10.2. The van der Waals surface area contributed by atoms with Crippen LogP contribution in [0.2, 0.25) is 0 Å². The van der Waals surface area contributed by atoms with Gasteiger partial charge in [-0.2, -0.15) is 0 Å². The fourth-order valence-corrected chi connectivity index (χ4v) is 3.28. The molecule has 3 aromatic rings. The van der Waals surface area contributed by atoms with Crippen molar-refractivity contribution < 1.29 is 9.53 Å². The predicted molar refractivity (Wildman–Crippen MR) is 127 cm³/mol. The summed E-state index contributed by atoms with van der Waals surface area (Å²) in [7, 11) is 0. The van der Waals surface area contributed by atoms with Gasteiger partial charge < -0.3 is 20.7 Å². The zero-order valence-electron chi connectivity index (χ0n) is 18.1. The molecule has 7 nitrogen and oxygen atoms in total. The molecule has 164 valence electrons. The maximum atomic E-state index is 11.8. The van der Waals surface area contributed by atoms with Crippen LogP contribution < -0.4 is 15.8 Å². The average Bonchev–Trinajstić information content (AvgIpc) is 2.82. The lowest BCUT2D eigenvalue weighted by Crippen LogP contribution is -2.32. The summed E-state index contributed by atoms with van der Waals surface area (Å²) < 4.78 is 5.86. The fraction of sp³-hybridized carbons (Fsp3) is 0.240. The SMILES string of the molecule is C#CC(=O)N(CCC)CCCNc1ncnc(N)c1-c1ccc(Oc2ccccc2)cc1. The lowest BCUT2D eigenvalue weighted by Gasteiger charge is -2.19. The van der Waals surface area contributed by atoms with Crippen molar-refractivity contribution in [1.29, 1.82) is 0 Å². The Bertz CT molecular complexity index is 1060. The van der Waals surface area contributed by atoms with Crippen LogP contribution in [0.1, 0.15) is 19.8 Å². The molecule has 7 heteroatoms. The second-order valence-corrected chi connectivity index (χ2v) is 7.14. The third kappa shape index (κ3) is 5.99. The Morgan fingerprint density at radius 3 is 2.50 bits per heavy atom. The number of nitrogens with zero attached hydrogens (tertiary/aromatic N) is 3. The second kappa shape index (κ2) is 11.4. The van der Waals surface area contributed by atoms with E-state index in [1.165, 1.54) is 6.33 Å². The molecule has 0 radical (unpaired) electrons. The molecule has 32 heavy (non-hydrogen) atoms. The summed E-state index contributed by atoms with van der Waals surface area (Å²) in [6, 6.07) is 17.2. The Morgan fingerprint density at radius 2 is 1.81 bits per heavy atom. The van der Waals surface area contributed by atoms with E-state index in [1.807, 2.05) is 61.5 Å². The van der Waals surface area contributed by atoms with E-state index in [1.54, 1.807) is 4.90 Å². The molecule has 0 aliphatic heterocycles. The van der Waals surface area contributed by atoms with Gasteiger partial charge >= 0.3 is 0 Å². The first-order valence-corrected chi connectivity index (χ1v) is 10.6. The number of rotatable bonds is 10. The second-order valence-electron chi connectivity index (χ2n) is 7.14. The molecule has 3 rings (SSSR count). The molecule has 3 N–H and O–H groups in total. The van der Waals surface area contributed by atoms with Crippen molar-refractivity contribution in [3.63, 3.8) is 0 Å².